The number of likely N-dealkylation sites (tertiary alicyclic amines) is 2. The first-order valence-electron chi connectivity index (χ1n) is 10.5. The lowest BCUT2D eigenvalue weighted by Gasteiger charge is -2.32. The zero-order valence-corrected chi connectivity index (χ0v) is 17.0. The minimum absolute atomic E-state index is 0.112. The van der Waals surface area contributed by atoms with Crippen LogP contribution in [0.5, 0.6) is 0 Å². The Morgan fingerprint density at radius 1 is 1.15 bits per heavy atom. The van der Waals surface area contributed by atoms with Crippen molar-refractivity contribution in [1.29, 1.82) is 0 Å². The number of carbonyl (C=O) groups is 1. The summed E-state index contributed by atoms with van der Waals surface area (Å²) < 4.78 is 5.07. The lowest BCUT2D eigenvalue weighted by Crippen LogP contribution is -2.50. The molecule has 0 aliphatic carbocycles. The fourth-order valence-corrected chi connectivity index (χ4v) is 3.56. The number of ether oxygens (including phenoxy) is 1. The van der Waals surface area contributed by atoms with Crippen molar-refractivity contribution in [3.8, 4) is 0 Å². The van der Waals surface area contributed by atoms with E-state index in [9.17, 15) is 9.90 Å². The van der Waals surface area contributed by atoms with Crippen LogP contribution < -0.4 is 10.6 Å². The van der Waals surface area contributed by atoms with Crippen LogP contribution in [-0.4, -0.2) is 91.5 Å². The van der Waals surface area contributed by atoms with Crippen molar-refractivity contribution >= 4 is 12.1 Å². The first kappa shape index (κ1) is 21.8. The van der Waals surface area contributed by atoms with Gasteiger partial charge in [-0.25, -0.2) is 4.79 Å². The number of hydrogen-bond acceptors (Lipinski definition) is 5. The molecule has 0 aromatic rings. The van der Waals surface area contributed by atoms with Crippen LogP contribution in [0.25, 0.3) is 0 Å². The molecule has 2 aliphatic heterocycles. The molecule has 0 aromatic heterocycles. The van der Waals surface area contributed by atoms with Crippen molar-refractivity contribution in [2.75, 3.05) is 52.4 Å². The molecule has 1 amide bonds. The van der Waals surface area contributed by atoms with Gasteiger partial charge in [0, 0.05) is 45.3 Å². The number of guanidine groups is 1. The van der Waals surface area contributed by atoms with Crippen molar-refractivity contribution in [2.24, 2.45) is 4.99 Å². The summed E-state index contributed by atoms with van der Waals surface area (Å²) in [5.41, 5.74) is 0. The molecule has 2 saturated heterocycles. The van der Waals surface area contributed by atoms with Gasteiger partial charge in [0.2, 0.25) is 0 Å². The van der Waals surface area contributed by atoms with Crippen molar-refractivity contribution in [2.45, 2.75) is 58.1 Å². The average molecular weight is 384 g/mol. The van der Waals surface area contributed by atoms with Crippen molar-refractivity contribution in [1.82, 2.24) is 20.4 Å². The molecule has 2 heterocycles. The Balaban J connectivity index is 1.68. The highest BCUT2D eigenvalue weighted by atomic mass is 16.6. The van der Waals surface area contributed by atoms with Crippen LogP contribution in [0.3, 0.4) is 0 Å². The van der Waals surface area contributed by atoms with Crippen molar-refractivity contribution < 1.29 is 14.6 Å². The number of carbonyl (C=O) groups excluding carboxylic acids is 1. The number of rotatable bonds is 7. The second-order valence-electron chi connectivity index (χ2n) is 7.29. The quantitative estimate of drug-likeness (QED) is 0.345. The fourth-order valence-electron chi connectivity index (χ4n) is 3.56. The van der Waals surface area contributed by atoms with Gasteiger partial charge in [0.15, 0.2) is 5.96 Å². The fraction of sp³-hybridized carbons (Fsp3) is 0.895. The second-order valence-corrected chi connectivity index (χ2v) is 7.29. The maximum absolute atomic E-state index is 11.8. The topological polar surface area (TPSA) is 89.4 Å². The highest BCUT2D eigenvalue weighted by Crippen LogP contribution is 2.12. The van der Waals surface area contributed by atoms with Crippen LogP contribution in [-0.2, 0) is 4.74 Å². The molecule has 27 heavy (non-hydrogen) atoms. The first-order chi connectivity index (χ1) is 13.1. The van der Waals surface area contributed by atoms with E-state index in [1.165, 1.54) is 0 Å². The highest BCUT2D eigenvalue weighted by Gasteiger charge is 2.24. The number of aliphatic hydroxyl groups is 1. The van der Waals surface area contributed by atoms with Crippen LogP contribution in [0, 0.1) is 0 Å². The summed E-state index contributed by atoms with van der Waals surface area (Å²) in [7, 11) is 0. The molecule has 0 aromatic carbocycles. The Morgan fingerprint density at radius 3 is 2.48 bits per heavy atom. The SMILES string of the molecule is CCNC(=NCCCN1CCC(O)CC1)NC1CCN(C(=O)OCC)CC1. The van der Waals surface area contributed by atoms with E-state index >= 15 is 0 Å². The smallest absolute Gasteiger partial charge is 0.409 e. The number of hydrogen-bond donors (Lipinski definition) is 3. The number of piperidine rings is 2. The van der Waals surface area contributed by atoms with Crippen molar-refractivity contribution in [3.63, 3.8) is 0 Å². The van der Waals surface area contributed by atoms with Gasteiger partial charge in [-0.15, -0.1) is 0 Å². The van der Waals surface area contributed by atoms with Gasteiger partial charge in [0.1, 0.15) is 0 Å². The molecule has 0 unspecified atom stereocenters. The summed E-state index contributed by atoms with van der Waals surface area (Å²) in [6, 6.07) is 0.331. The molecule has 3 N–H and O–H groups in total. The standard InChI is InChI=1S/C19H37N5O3/c1-3-20-18(21-10-5-11-23-12-8-17(25)9-13-23)22-16-6-14-24(15-7-16)19(26)27-4-2/h16-17,25H,3-15H2,1-2H3,(H2,20,21,22). The summed E-state index contributed by atoms with van der Waals surface area (Å²) in [4.78, 5) is 20.7. The van der Waals surface area contributed by atoms with Crippen LogP contribution in [0.1, 0.15) is 46.0 Å². The van der Waals surface area contributed by atoms with E-state index in [1.54, 1.807) is 4.90 Å². The van der Waals surface area contributed by atoms with Crippen LogP contribution in [0.2, 0.25) is 0 Å². The van der Waals surface area contributed by atoms with E-state index < -0.39 is 0 Å². The summed E-state index contributed by atoms with van der Waals surface area (Å²) >= 11 is 0. The van der Waals surface area contributed by atoms with Crippen LogP contribution >= 0.6 is 0 Å². The number of aliphatic imine (C=N–C) groups is 1. The Bertz CT molecular complexity index is 458. The Kier molecular flexibility index (Phi) is 9.69. The summed E-state index contributed by atoms with van der Waals surface area (Å²) in [5.74, 6) is 0.862. The highest BCUT2D eigenvalue weighted by molar-refractivity contribution is 5.80. The predicted molar refractivity (Wildman–Crippen MR) is 107 cm³/mol. The number of nitrogens with zero attached hydrogens (tertiary/aromatic N) is 3. The monoisotopic (exact) mass is 383 g/mol. The molecule has 0 spiro atoms. The van der Waals surface area contributed by atoms with Gasteiger partial charge in [0.25, 0.3) is 0 Å². The molecular formula is C19H37N5O3. The molecule has 2 rings (SSSR count). The summed E-state index contributed by atoms with van der Waals surface area (Å²) in [6.45, 7) is 10.4. The zero-order valence-electron chi connectivity index (χ0n) is 17.0. The van der Waals surface area contributed by atoms with Crippen molar-refractivity contribution in [3.05, 3.63) is 0 Å². The van der Waals surface area contributed by atoms with E-state index in [0.29, 0.717) is 12.6 Å². The maximum atomic E-state index is 11.8. The molecular weight excluding hydrogens is 346 g/mol. The van der Waals surface area contributed by atoms with Gasteiger partial charge in [-0.3, -0.25) is 4.99 Å². The Morgan fingerprint density at radius 2 is 1.85 bits per heavy atom. The van der Waals surface area contributed by atoms with Gasteiger partial charge in [-0.1, -0.05) is 0 Å². The van der Waals surface area contributed by atoms with Crippen LogP contribution in [0.4, 0.5) is 4.79 Å². The van der Waals surface area contributed by atoms with Gasteiger partial charge in [-0.2, -0.15) is 0 Å². The third-order valence-corrected chi connectivity index (χ3v) is 5.17. The van der Waals surface area contributed by atoms with E-state index in [4.69, 9.17) is 9.73 Å². The predicted octanol–water partition coefficient (Wildman–Crippen LogP) is 1.01. The lowest BCUT2D eigenvalue weighted by atomic mass is 10.1. The molecule has 156 valence electrons. The molecule has 8 nitrogen and oxygen atoms in total. The van der Waals surface area contributed by atoms with E-state index in [2.05, 4.69) is 22.5 Å². The van der Waals surface area contributed by atoms with Gasteiger partial charge >= 0.3 is 6.09 Å². The summed E-state index contributed by atoms with van der Waals surface area (Å²) in [5, 5.41) is 16.4. The molecule has 2 fully saturated rings. The van der Waals surface area contributed by atoms with E-state index in [1.807, 2.05) is 6.92 Å². The zero-order chi connectivity index (χ0) is 19.5. The van der Waals surface area contributed by atoms with Gasteiger partial charge in [-0.05, 0) is 52.5 Å². The number of nitrogens with one attached hydrogen (secondary N) is 2. The lowest BCUT2D eigenvalue weighted by molar-refractivity contribution is 0.0824. The molecule has 0 radical (unpaired) electrons. The number of amides is 1. The van der Waals surface area contributed by atoms with E-state index in [-0.39, 0.29) is 12.2 Å². The summed E-state index contributed by atoms with van der Waals surface area (Å²) in [6.07, 6.45) is 4.28. The largest absolute Gasteiger partial charge is 0.450 e. The third kappa shape index (κ3) is 7.92. The normalized spacial score (nSPS) is 20.6. The molecule has 2 aliphatic rings. The molecule has 0 saturated carbocycles. The number of aliphatic hydroxyl groups excluding tert-OH is 1. The third-order valence-electron chi connectivity index (χ3n) is 5.17. The van der Waals surface area contributed by atoms with E-state index in [0.717, 1.165) is 83.9 Å². The minimum Gasteiger partial charge on any atom is -0.450 e. The maximum Gasteiger partial charge on any atom is 0.409 e. The minimum atomic E-state index is -0.207. The Hall–Kier alpha value is -1.54. The van der Waals surface area contributed by atoms with Gasteiger partial charge in [0.05, 0.1) is 12.7 Å². The first-order valence-corrected chi connectivity index (χ1v) is 10.5. The average Bonchev–Trinajstić information content (AvgIpc) is 2.67. The van der Waals surface area contributed by atoms with Gasteiger partial charge < -0.3 is 30.3 Å². The molecule has 0 bridgehead atoms. The van der Waals surface area contributed by atoms with Crippen LogP contribution in [0.15, 0.2) is 4.99 Å². The molecule has 0 atom stereocenters. The Labute approximate surface area is 163 Å². The second kappa shape index (κ2) is 12.0. The molecule has 8 heteroatoms.